The van der Waals surface area contributed by atoms with Crippen LogP contribution in [0.4, 0.5) is 0 Å². The third-order valence-corrected chi connectivity index (χ3v) is 2.69. The summed E-state index contributed by atoms with van der Waals surface area (Å²) < 4.78 is 4.83. The lowest BCUT2D eigenvalue weighted by molar-refractivity contribution is 0.0952. The molecule has 0 aromatic carbocycles. The van der Waals surface area contributed by atoms with Gasteiger partial charge in [0.05, 0.1) is 11.8 Å². The number of carbonyl (C=O) groups is 1. The molecule has 1 rings (SSSR count). The molecule has 0 radical (unpaired) electrons. The second kappa shape index (κ2) is 7.51. The highest BCUT2D eigenvalue weighted by Gasteiger charge is 2.04. The molecule has 0 unspecified atom stereocenters. The van der Waals surface area contributed by atoms with E-state index in [4.69, 9.17) is 4.42 Å². The zero-order valence-corrected chi connectivity index (χ0v) is 10.3. The molecule has 0 aliphatic heterocycles. The van der Waals surface area contributed by atoms with E-state index in [2.05, 4.69) is 21.2 Å². The maximum Gasteiger partial charge on any atom is 0.254 e. The van der Waals surface area contributed by atoms with Gasteiger partial charge in [-0.25, -0.2) is 0 Å². The average molecular weight is 274 g/mol. The van der Waals surface area contributed by atoms with Crippen LogP contribution in [-0.4, -0.2) is 17.8 Å². The lowest BCUT2D eigenvalue weighted by Crippen LogP contribution is -2.23. The summed E-state index contributed by atoms with van der Waals surface area (Å²) >= 11 is 3.39. The first-order chi connectivity index (χ1) is 7.34. The Labute approximate surface area is 98.4 Å². The van der Waals surface area contributed by atoms with Crippen molar-refractivity contribution in [2.75, 3.05) is 11.9 Å². The first-order valence-corrected chi connectivity index (χ1v) is 6.33. The number of unbranched alkanes of at least 4 members (excludes halogenated alkanes) is 3. The Bertz CT molecular complexity index is 272. The quantitative estimate of drug-likeness (QED) is 0.613. The van der Waals surface area contributed by atoms with E-state index in [1.807, 2.05) is 0 Å². The van der Waals surface area contributed by atoms with E-state index in [9.17, 15) is 4.79 Å². The van der Waals surface area contributed by atoms with E-state index >= 15 is 0 Å². The predicted octanol–water partition coefficient (Wildman–Crippen LogP) is 2.96. The van der Waals surface area contributed by atoms with Crippen LogP contribution < -0.4 is 5.32 Å². The standard InChI is InChI=1S/C11H16BrNO2/c12-6-3-1-2-4-7-13-11(14)10-5-8-15-9-10/h5,8-9H,1-4,6-7H2,(H,13,14). The first-order valence-electron chi connectivity index (χ1n) is 5.21. The molecule has 0 fully saturated rings. The van der Waals surface area contributed by atoms with Gasteiger partial charge in [-0.1, -0.05) is 28.8 Å². The Balaban J connectivity index is 2.03. The van der Waals surface area contributed by atoms with Crippen LogP contribution in [0.1, 0.15) is 36.0 Å². The highest BCUT2D eigenvalue weighted by molar-refractivity contribution is 9.09. The molecule has 1 amide bonds. The van der Waals surface area contributed by atoms with Crippen LogP contribution in [0.15, 0.2) is 23.0 Å². The minimum absolute atomic E-state index is 0.0516. The van der Waals surface area contributed by atoms with Gasteiger partial charge in [0.25, 0.3) is 5.91 Å². The number of hydrogen-bond donors (Lipinski definition) is 1. The predicted molar refractivity (Wildman–Crippen MR) is 63.3 cm³/mol. The van der Waals surface area contributed by atoms with Crippen molar-refractivity contribution in [3.63, 3.8) is 0 Å². The fourth-order valence-corrected chi connectivity index (χ4v) is 1.67. The molecular formula is C11H16BrNO2. The minimum Gasteiger partial charge on any atom is -0.472 e. The summed E-state index contributed by atoms with van der Waals surface area (Å²) in [5, 5.41) is 3.92. The van der Waals surface area contributed by atoms with Crippen molar-refractivity contribution in [1.29, 1.82) is 0 Å². The minimum atomic E-state index is -0.0516. The zero-order chi connectivity index (χ0) is 10.9. The fraction of sp³-hybridized carbons (Fsp3) is 0.545. The Morgan fingerprint density at radius 2 is 2.13 bits per heavy atom. The second-order valence-corrected chi connectivity index (χ2v) is 4.16. The van der Waals surface area contributed by atoms with Gasteiger partial charge in [-0.05, 0) is 18.9 Å². The SMILES string of the molecule is O=C(NCCCCCCBr)c1ccoc1. The molecule has 0 spiro atoms. The lowest BCUT2D eigenvalue weighted by atomic mass is 10.2. The topological polar surface area (TPSA) is 42.2 Å². The van der Waals surface area contributed by atoms with Crippen molar-refractivity contribution in [3.05, 3.63) is 24.2 Å². The van der Waals surface area contributed by atoms with Gasteiger partial charge in [0.1, 0.15) is 6.26 Å². The average Bonchev–Trinajstić information content (AvgIpc) is 2.76. The maximum atomic E-state index is 11.4. The van der Waals surface area contributed by atoms with Gasteiger partial charge in [0.2, 0.25) is 0 Å². The molecule has 1 N–H and O–H groups in total. The van der Waals surface area contributed by atoms with Crippen LogP contribution in [-0.2, 0) is 0 Å². The number of carbonyl (C=O) groups excluding carboxylic acids is 1. The van der Waals surface area contributed by atoms with Crippen molar-refractivity contribution >= 4 is 21.8 Å². The third-order valence-electron chi connectivity index (χ3n) is 2.13. The third kappa shape index (κ3) is 5.02. The number of furan rings is 1. The molecule has 0 saturated carbocycles. The molecule has 0 bridgehead atoms. The van der Waals surface area contributed by atoms with E-state index < -0.39 is 0 Å². The molecule has 4 heteroatoms. The fourth-order valence-electron chi connectivity index (χ4n) is 1.27. The van der Waals surface area contributed by atoms with Crippen LogP contribution in [0.5, 0.6) is 0 Å². The van der Waals surface area contributed by atoms with Gasteiger partial charge in [0.15, 0.2) is 0 Å². The Hall–Kier alpha value is -0.770. The number of nitrogens with one attached hydrogen (secondary N) is 1. The van der Waals surface area contributed by atoms with Crippen LogP contribution in [0.25, 0.3) is 0 Å². The molecule has 3 nitrogen and oxygen atoms in total. The summed E-state index contributed by atoms with van der Waals surface area (Å²) in [6, 6.07) is 1.67. The number of amides is 1. The molecule has 1 aromatic rings. The lowest BCUT2D eigenvalue weighted by Gasteiger charge is -2.02. The highest BCUT2D eigenvalue weighted by Crippen LogP contribution is 2.02. The molecule has 0 aliphatic rings. The summed E-state index contributed by atoms with van der Waals surface area (Å²) in [7, 11) is 0. The smallest absolute Gasteiger partial charge is 0.254 e. The van der Waals surface area contributed by atoms with E-state index in [-0.39, 0.29) is 5.91 Å². The molecule has 0 saturated heterocycles. The van der Waals surface area contributed by atoms with Crippen LogP contribution in [0, 0.1) is 0 Å². The molecule has 1 heterocycles. The largest absolute Gasteiger partial charge is 0.472 e. The monoisotopic (exact) mass is 273 g/mol. The molecule has 1 aromatic heterocycles. The van der Waals surface area contributed by atoms with E-state index in [0.717, 1.165) is 24.7 Å². The number of rotatable bonds is 7. The summed E-state index contributed by atoms with van der Waals surface area (Å²) in [6.45, 7) is 0.742. The highest BCUT2D eigenvalue weighted by atomic mass is 79.9. The summed E-state index contributed by atoms with van der Waals surface area (Å²) in [5.74, 6) is -0.0516. The van der Waals surface area contributed by atoms with Crippen molar-refractivity contribution in [2.45, 2.75) is 25.7 Å². The second-order valence-electron chi connectivity index (χ2n) is 3.37. The Kier molecular flexibility index (Phi) is 6.16. The van der Waals surface area contributed by atoms with E-state index in [0.29, 0.717) is 5.56 Å². The number of hydrogen-bond acceptors (Lipinski definition) is 2. The normalized spacial score (nSPS) is 10.2. The first kappa shape index (κ1) is 12.3. The van der Waals surface area contributed by atoms with Crippen LogP contribution in [0.2, 0.25) is 0 Å². The molecule has 84 valence electrons. The van der Waals surface area contributed by atoms with E-state index in [1.54, 1.807) is 6.07 Å². The van der Waals surface area contributed by atoms with Gasteiger partial charge in [0, 0.05) is 11.9 Å². The maximum absolute atomic E-state index is 11.4. The Morgan fingerprint density at radius 3 is 2.80 bits per heavy atom. The van der Waals surface area contributed by atoms with Crippen molar-refractivity contribution < 1.29 is 9.21 Å². The van der Waals surface area contributed by atoms with Gasteiger partial charge in [-0.3, -0.25) is 4.79 Å². The number of halogens is 1. The van der Waals surface area contributed by atoms with Crippen molar-refractivity contribution in [3.8, 4) is 0 Å². The summed E-state index contributed by atoms with van der Waals surface area (Å²) in [4.78, 5) is 11.4. The number of alkyl halides is 1. The summed E-state index contributed by atoms with van der Waals surface area (Å²) in [5.41, 5.74) is 0.593. The Morgan fingerprint density at radius 1 is 1.33 bits per heavy atom. The zero-order valence-electron chi connectivity index (χ0n) is 8.67. The van der Waals surface area contributed by atoms with Gasteiger partial charge in [-0.15, -0.1) is 0 Å². The summed E-state index contributed by atoms with van der Waals surface area (Å²) in [6.07, 6.45) is 7.58. The van der Waals surface area contributed by atoms with Gasteiger partial charge < -0.3 is 9.73 Å². The molecular weight excluding hydrogens is 258 g/mol. The van der Waals surface area contributed by atoms with Crippen LogP contribution in [0.3, 0.4) is 0 Å². The van der Waals surface area contributed by atoms with Crippen molar-refractivity contribution in [1.82, 2.24) is 5.32 Å². The van der Waals surface area contributed by atoms with Gasteiger partial charge in [-0.2, -0.15) is 0 Å². The molecule has 15 heavy (non-hydrogen) atoms. The van der Waals surface area contributed by atoms with Crippen LogP contribution >= 0.6 is 15.9 Å². The van der Waals surface area contributed by atoms with Gasteiger partial charge >= 0.3 is 0 Å². The molecule has 0 aliphatic carbocycles. The van der Waals surface area contributed by atoms with E-state index in [1.165, 1.54) is 25.4 Å². The van der Waals surface area contributed by atoms with Crippen molar-refractivity contribution in [2.24, 2.45) is 0 Å². The molecule has 0 atom stereocenters.